The molecule has 0 saturated carbocycles. The van der Waals surface area contributed by atoms with Crippen molar-refractivity contribution in [3.05, 3.63) is 32.3 Å². The van der Waals surface area contributed by atoms with Crippen LogP contribution in [0.3, 0.4) is 0 Å². The molecule has 1 rings (SSSR count). The highest BCUT2D eigenvalue weighted by Gasteiger charge is 2.22. The number of nitrogens with zero attached hydrogens (tertiary/aromatic N) is 1. The third-order valence-electron chi connectivity index (χ3n) is 3.29. The van der Waals surface area contributed by atoms with E-state index in [9.17, 15) is 23.3 Å². The second-order valence-electron chi connectivity index (χ2n) is 6.27. The molecule has 1 aromatic rings. The molecule has 0 aliphatic rings. The third kappa shape index (κ3) is 7.73. The van der Waals surface area contributed by atoms with Crippen molar-refractivity contribution < 1.29 is 33.1 Å². The average Bonchev–Trinajstić information content (AvgIpc) is 2.56. The van der Waals surface area contributed by atoms with Crippen molar-refractivity contribution in [1.82, 2.24) is 15.0 Å². The molecule has 0 unspecified atom stereocenters. The maximum absolute atomic E-state index is 14.2. The van der Waals surface area contributed by atoms with Crippen molar-refractivity contribution in [2.45, 2.75) is 39.8 Å². The number of ether oxygens (including phenoxy) is 1. The first-order valence-corrected chi connectivity index (χ1v) is 9.83. The Bertz CT molecular complexity index is 816. The summed E-state index contributed by atoms with van der Waals surface area (Å²) >= 11 is 0. The van der Waals surface area contributed by atoms with Gasteiger partial charge in [-0.1, -0.05) is 13.8 Å². The largest absolute Gasteiger partial charge is 0.364 e. The highest BCUT2D eigenvalue weighted by molar-refractivity contribution is 7.51. The fourth-order valence-electron chi connectivity index (χ4n) is 1.87. The third-order valence-corrected chi connectivity index (χ3v) is 3.77. The van der Waals surface area contributed by atoms with Gasteiger partial charge in [-0.2, -0.15) is 4.39 Å². The smallest absolute Gasteiger partial charge is 0.350 e. The van der Waals surface area contributed by atoms with Gasteiger partial charge in [-0.3, -0.25) is 28.5 Å². The molecule has 1 atom stereocenters. The molecule has 0 fully saturated rings. The summed E-state index contributed by atoms with van der Waals surface area (Å²) in [5.41, 5.74) is -1.40. The number of aromatic nitrogens is 2. The van der Waals surface area contributed by atoms with Crippen molar-refractivity contribution >= 4 is 13.5 Å². The molecule has 1 aromatic heterocycles. The molecule has 154 valence electrons. The fourth-order valence-corrected chi connectivity index (χ4v) is 2.31. The zero-order valence-corrected chi connectivity index (χ0v) is 16.0. The van der Waals surface area contributed by atoms with Crippen LogP contribution < -0.4 is 16.7 Å². The topological polar surface area (TPSA) is 160 Å². The SMILES string of the molecule is CC(C)CCONC(=O)c1[nH]c(=O)n(C[C@@H](C)OCP(=O)(O)O)c(=O)c1F. The van der Waals surface area contributed by atoms with Gasteiger partial charge in [0.15, 0.2) is 5.69 Å². The minimum Gasteiger partial charge on any atom is -0.364 e. The number of nitrogens with one attached hydrogen (secondary N) is 2. The van der Waals surface area contributed by atoms with E-state index in [1.807, 2.05) is 24.3 Å². The van der Waals surface area contributed by atoms with E-state index in [-0.39, 0.29) is 6.61 Å². The van der Waals surface area contributed by atoms with Crippen LogP contribution >= 0.6 is 7.60 Å². The first-order valence-electron chi connectivity index (χ1n) is 8.03. The summed E-state index contributed by atoms with van der Waals surface area (Å²) in [6.45, 7) is 4.90. The van der Waals surface area contributed by atoms with Gasteiger partial charge in [-0.25, -0.2) is 10.3 Å². The Morgan fingerprint density at radius 1 is 1.33 bits per heavy atom. The summed E-state index contributed by atoms with van der Waals surface area (Å²) in [5, 5.41) is 0. The standard InChI is InChI=1S/C14H23FN3O8P/c1-8(2)4-5-26-17-12(19)11-10(15)13(20)18(14(21)16-11)6-9(3)25-7-27(22,23)24/h8-9H,4-7H2,1-3H3,(H,16,21)(H,17,19)(H2,22,23,24)/t9-/m1/s1. The van der Waals surface area contributed by atoms with Crippen LogP contribution in [0.4, 0.5) is 4.39 Å². The number of hydrogen-bond acceptors (Lipinski definition) is 6. The number of hydrogen-bond donors (Lipinski definition) is 4. The van der Waals surface area contributed by atoms with Crippen LogP contribution in [0.25, 0.3) is 0 Å². The molecule has 27 heavy (non-hydrogen) atoms. The zero-order valence-electron chi connectivity index (χ0n) is 15.1. The van der Waals surface area contributed by atoms with E-state index in [0.29, 0.717) is 16.9 Å². The van der Waals surface area contributed by atoms with Gasteiger partial charge in [-0.15, -0.1) is 0 Å². The van der Waals surface area contributed by atoms with Crippen LogP contribution in [-0.4, -0.2) is 44.3 Å². The Hall–Kier alpha value is -1.85. The van der Waals surface area contributed by atoms with Crippen LogP contribution in [0.1, 0.15) is 37.7 Å². The van der Waals surface area contributed by atoms with E-state index in [1.165, 1.54) is 6.92 Å². The van der Waals surface area contributed by atoms with Gasteiger partial charge in [-0.05, 0) is 19.3 Å². The molecular formula is C14H23FN3O8P. The van der Waals surface area contributed by atoms with E-state index in [1.54, 1.807) is 0 Å². The predicted octanol–water partition coefficient (Wildman–Crippen LogP) is -0.0765. The summed E-state index contributed by atoms with van der Waals surface area (Å²) in [6.07, 6.45) is -1.26. The lowest BCUT2D eigenvalue weighted by Gasteiger charge is -2.15. The van der Waals surface area contributed by atoms with Crippen LogP contribution in [0.5, 0.6) is 0 Å². The van der Waals surface area contributed by atoms with Crippen molar-refractivity contribution in [2.24, 2.45) is 5.92 Å². The van der Waals surface area contributed by atoms with E-state index >= 15 is 0 Å². The van der Waals surface area contributed by atoms with Crippen LogP contribution in [-0.2, 0) is 20.7 Å². The Kier molecular flexibility index (Phi) is 8.51. The molecule has 0 radical (unpaired) electrons. The normalized spacial score (nSPS) is 13.0. The van der Waals surface area contributed by atoms with E-state index in [4.69, 9.17) is 19.4 Å². The van der Waals surface area contributed by atoms with Gasteiger partial charge in [0.25, 0.3) is 11.5 Å². The second-order valence-corrected chi connectivity index (χ2v) is 7.86. The summed E-state index contributed by atoms with van der Waals surface area (Å²) in [4.78, 5) is 60.1. The Labute approximate surface area is 153 Å². The summed E-state index contributed by atoms with van der Waals surface area (Å²) in [6, 6.07) is 0. The van der Waals surface area contributed by atoms with Gasteiger partial charge in [0.1, 0.15) is 6.35 Å². The number of rotatable bonds is 10. The van der Waals surface area contributed by atoms with Crippen molar-refractivity contribution in [3.8, 4) is 0 Å². The maximum atomic E-state index is 14.2. The first-order chi connectivity index (χ1) is 12.4. The minimum atomic E-state index is -4.43. The van der Waals surface area contributed by atoms with Gasteiger partial charge in [0.05, 0.1) is 19.3 Å². The predicted molar refractivity (Wildman–Crippen MR) is 91.6 cm³/mol. The molecule has 0 aliphatic heterocycles. The summed E-state index contributed by atoms with van der Waals surface area (Å²) in [7, 11) is -4.43. The number of halogens is 1. The van der Waals surface area contributed by atoms with Gasteiger partial charge in [0, 0.05) is 0 Å². The Balaban J connectivity index is 2.87. The highest BCUT2D eigenvalue weighted by Crippen LogP contribution is 2.34. The molecule has 0 bridgehead atoms. The van der Waals surface area contributed by atoms with Crippen LogP contribution in [0.15, 0.2) is 9.59 Å². The molecule has 1 heterocycles. The zero-order chi connectivity index (χ0) is 20.8. The van der Waals surface area contributed by atoms with E-state index < -0.39 is 55.3 Å². The first kappa shape index (κ1) is 23.2. The number of H-pyrrole nitrogens is 1. The molecule has 0 aromatic carbocycles. The van der Waals surface area contributed by atoms with Gasteiger partial charge < -0.3 is 14.5 Å². The lowest BCUT2D eigenvalue weighted by molar-refractivity contribution is 0.0265. The molecular weight excluding hydrogens is 388 g/mol. The van der Waals surface area contributed by atoms with E-state index in [0.717, 1.165) is 0 Å². The van der Waals surface area contributed by atoms with Crippen LogP contribution in [0.2, 0.25) is 0 Å². The molecule has 0 spiro atoms. The van der Waals surface area contributed by atoms with Crippen LogP contribution in [0, 0.1) is 11.7 Å². The molecule has 0 saturated heterocycles. The van der Waals surface area contributed by atoms with Gasteiger partial charge >= 0.3 is 13.3 Å². The average molecular weight is 411 g/mol. The fraction of sp³-hybridized carbons (Fsp3) is 0.643. The highest BCUT2D eigenvalue weighted by atomic mass is 31.2. The Morgan fingerprint density at radius 2 is 1.96 bits per heavy atom. The molecule has 13 heteroatoms. The molecule has 4 N–H and O–H groups in total. The minimum absolute atomic E-state index is 0.167. The van der Waals surface area contributed by atoms with Crippen molar-refractivity contribution in [1.29, 1.82) is 0 Å². The maximum Gasteiger partial charge on any atom is 0.350 e. The number of hydroxylamine groups is 1. The molecule has 0 aliphatic carbocycles. The summed E-state index contributed by atoms with van der Waals surface area (Å²) in [5.74, 6) is -2.30. The number of carbonyl (C=O) groups excluding carboxylic acids is 1. The molecule has 1 amide bonds. The summed E-state index contributed by atoms with van der Waals surface area (Å²) < 4.78 is 30.2. The lowest BCUT2D eigenvalue weighted by atomic mass is 10.1. The quantitative estimate of drug-likeness (QED) is 0.236. The Morgan fingerprint density at radius 3 is 2.52 bits per heavy atom. The monoisotopic (exact) mass is 411 g/mol. The van der Waals surface area contributed by atoms with Crippen molar-refractivity contribution in [3.63, 3.8) is 0 Å². The number of carbonyl (C=O) groups is 1. The number of amides is 1. The second kappa shape index (κ2) is 9.90. The number of aromatic amines is 1. The van der Waals surface area contributed by atoms with E-state index in [2.05, 4.69) is 0 Å². The van der Waals surface area contributed by atoms with Gasteiger partial charge in [0.2, 0.25) is 5.82 Å². The molecule has 11 nitrogen and oxygen atoms in total. The lowest BCUT2D eigenvalue weighted by Crippen LogP contribution is -2.43. The van der Waals surface area contributed by atoms with Crippen molar-refractivity contribution in [2.75, 3.05) is 13.0 Å².